The zero-order valence-corrected chi connectivity index (χ0v) is 7.47. The number of nitrogen functional groups attached to an aromatic ring is 1. The number of nitrogens with one attached hydrogen (secondary N) is 1. The molecule has 0 spiro atoms. The highest BCUT2D eigenvalue weighted by Gasteiger charge is 2.03. The number of nitrogens with two attached hydrogens (primary N) is 1. The Balaban J connectivity index is 2.60. The van der Waals surface area contributed by atoms with Gasteiger partial charge in [-0.2, -0.15) is 0 Å². The third-order valence-electron chi connectivity index (χ3n) is 1.61. The molecule has 0 saturated carbocycles. The highest BCUT2D eigenvalue weighted by Crippen LogP contribution is 2.19. The molecule has 2 rings (SSSR count). The molecule has 0 amide bonds. The first-order valence-corrected chi connectivity index (χ1v) is 4.54. The van der Waals surface area contributed by atoms with Crippen LogP contribution < -0.4 is 11.3 Å². The maximum Gasteiger partial charge on any atom is 0.260 e. The van der Waals surface area contributed by atoms with Crippen molar-refractivity contribution in [2.45, 2.75) is 0 Å². The molecule has 0 fully saturated rings. The lowest BCUT2D eigenvalue weighted by atomic mass is 10.3. The summed E-state index contributed by atoms with van der Waals surface area (Å²) < 4.78 is 0. The number of nitrogens with zero attached hydrogens (tertiary/aromatic N) is 1. The minimum Gasteiger partial charge on any atom is -0.369 e. The Morgan fingerprint density at radius 3 is 3.00 bits per heavy atom. The standard InChI is InChI=1S/C8H7N3OS/c9-8-10-4-5(7(12)11-8)6-2-1-3-13-6/h1-4H,(H3,9,10,11,12). The van der Waals surface area contributed by atoms with E-state index in [1.807, 2.05) is 17.5 Å². The van der Waals surface area contributed by atoms with E-state index in [-0.39, 0.29) is 11.5 Å². The molecule has 13 heavy (non-hydrogen) atoms. The Labute approximate surface area is 78.1 Å². The van der Waals surface area contributed by atoms with Crippen molar-refractivity contribution in [3.63, 3.8) is 0 Å². The van der Waals surface area contributed by atoms with Gasteiger partial charge in [0.15, 0.2) is 5.95 Å². The van der Waals surface area contributed by atoms with Crippen LogP contribution in [-0.4, -0.2) is 9.97 Å². The molecule has 2 aromatic heterocycles. The van der Waals surface area contributed by atoms with E-state index >= 15 is 0 Å². The fraction of sp³-hybridized carbons (Fsp3) is 0. The van der Waals surface area contributed by atoms with Gasteiger partial charge in [-0.25, -0.2) is 4.98 Å². The average Bonchev–Trinajstić information content (AvgIpc) is 2.56. The van der Waals surface area contributed by atoms with Crippen molar-refractivity contribution in [1.82, 2.24) is 9.97 Å². The summed E-state index contributed by atoms with van der Waals surface area (Å²) in [6.45, 7) is 0. The van der Waals surface area contributed by atoms with Crippen LogP contribution in [0.2, 0.25) is 0 Å². The zero-order chi connectivity index (χ0) is 9.26. The van der Waals surface area contributed by atoms with E-state index < -0.39 is 0 Å². The van der Waals surface area contributed by atoms with Crippen molar-refractivity contribution in [2.24, 2.45) is 0 Å². The number of rotatable bonds is 1. The normalized spacial score (nSPS) is 10.2. The van der Waals surface area contributed by atoms with Crippen LogP contribution in [0, 0.1) is 0 Å². The van der Waals surface area contributed by atoms with Gasteiger partial charge in [-0.15, -0.1) is 11.3 Å². The number of aromatic nitrogens is 2. The highest BCUT2D eigenvalue weighted by atomic mass is 32.1. The first-order valence-electron chi connectivity index (χ1n) is 3.66. The van der Waals surface area contributed by atoms with Gasteiger partial charge in [-0.1, -0.05) is 6.07 Å². The molecule has 0 aliphatic carbocycles. The molecule has 2 aromatic rings. The molecule has 4 nitrogen and oxygen atoms in total. The molecule has 3 N–H and O–H groups in total. The first kappa shape index (κ1) is 8.00. The lowest BCUT2D eigenvalue weighted by Crippen LogP contribution is -2.11. The second-order valence-electron chi connectivity index (χ2n) is 2.49. The van der Waals surface area contributed by atoms with Crippen LogP contribution in [0.25, 0.3) is 10.4 Å². The van der Waals surface area contributed by atoms with Gasteiger partial charge >= 0.3 is 0 Å². The highest BCUT2D eigenvalue weighted by molar-refractivity contribution is 7.13. The van der Waals surface area contributed by atoms with Crippen LogP contribution in [0.3, 0.4) is 0 Å². The van der Waals surface area contributed by atoms with E-state index in [4.69, 9.17) is 5.73 Å². The largest absolute Gasteiger partial charge is 0.369 e. The summed E-state index contributed by atoms with van der Waals surface area (Å²) in [5.41, 5.74) is 5.68. The molecule has 66 valence electrons. The van der Waals surface area contributed by atoms with Gasteiger partial charge in [0.25, 0.3) is 5.56 Å². The van der Waals surface area contributed by atoms with Crippen molar-refractivity contribution in [1.29, 1.82) is 0 Å². The number of hydrogen-bond donors (Lipinski definition) is 2. The summed E-state index contributed by atoms with van der Waals surface area (Å²) in [5.74, 6) is 0.144. The van der Waals surface area contributed by atoms with Gasteiger partial charge in [-0.3, -0.25) is 9.78 Å². The SMILES string of the molecule is Nc1ncc(-c2cccs2)c(=O)[nH]1. The third kappa shape index (κ3) is 1.46. The summed E-state index contributed by atoms with van der Waals surface area (Å²) in [7, 11) is 0. The third-order valence-corrected chi connectivity index (χ3v) is 2.51. The Morgan fingerprint density at radius 1 is 1.54 bits per heavy atom. The van der Waals surface area contributed by atoms with Gasteiger partial charge in [0.05, 0.1) is 5.56 Å². The van der Waals surface area contributed by atoms with Crippen molar-refractivity contribution in [2.75, 3.05) is 5.73 Å². The molecule has 0 unspecified atom stereocenters. The van der Waals surface area contributed by atoms with Crippen molar-refractivity contribution in [3.8, 4) is 10.4 Å². The number of H-pyrrole nitrogens is 1. The number of hydrogen-bond acceptors (Lipinski definition) is 4. The zero-order valence-electron chi connectivity index (χ0n) is 6.65. The Bertz CT molecular complexity index is 460. The average molecular weight is 193 g/mol. The lowest BCUT2D eigenvalue weighted by molar-refractivity contribution is 1.14. The molecule has 0 aliphatic heterocycles. The Morgan fingerprint density at radius 2 is 2.38 bits per heavy atom. The molecule has 2 heterocycles. The monoisotopic (exact) mass is 193 g/mol. The van der Waals surface area contributed by atoms with Crippen molar-refractivity contribution >= 4 is 17.3 Å². The molecular weight excluding hydrogens is 186 g/mol. The minimum absolute atomic E-state index is 0.144. The van der Waals surface area contributed by atoms with E-state index in [1.54, 1.807) is 0 Å². The molecular formula is C8H7N3OS. The van der Waals surface area contributed by atoms with Gasteiger partial charge in [0.1, 0.15) is 0 Å². The maximum atomic E-state index is 11.4. The molecule has 0 atom stereocenters. The van der Waals surface area contributed by atoms with Gasteiger partial charge in [0, 0.05) is 11.1 Å². The summed E-state index contributed by atoms with van der Waals surface area (Å²) in [5, 5.41) is 1.91. The number of thiophene rings is 1. The van der Waals surface area contributed by atoms with Crippen LogP contribution in [0.5, 0.6) is 0 Å². The van der Waals surface area contributed by atoms with E-state index in [2.05, 4.69) is 9.97 Å². The van der Waals surface area contributed by atoms with E-state index in [0.717, 1.165) is 4.88 Å². The smallest absolute Gasteiger partial charge is 0.260 e. The predicted octanol–water partition coefficient (Wildman–Crippen LogP) is 1.08. The minimum atomic E-state index is -0.199. The first-order chi connectivity index (χ1) is 6.27. The van der Waals surface area contributed by atoms with Crippen LogP contribution >= 0.6 is 11.3 Å². The fourth-order valence-corrected chi connectivity index (χ4v) is 1.75. The fourth-order valence-electron chi connectivity index (χ4n) is 1.02. The summed E-state index contributed by atoms with van der Waals surface area (Å²) in [4.78, 5) is 18.5. The lowest BCUT2D eigenvalue weighted by Gasteiger charge is -1.95. The second-order valence-corrected chi connectivity index (χ2v) is 3.44. The second kappa shape index (κ2) is 3.02. The Kier molecular flexibility index (Phi) is 1.86. The number of aromatic amines is 1. The van der Waals surface area contributed by atoms with Crippen molar-refractivity contribution in [3.05, 3.63) is 34.1 Å². The summed E-state index contributed by atoms with van der Waals surface area (Å²) in [6, 6.07) is 3.75. The van der Waals surface area contributed by atoms with Crippen LogP contribution in [0.4, 0.5) is 5.95 Å². The molecule has 0 aliphatic rings. The van der Waals surface area contributed by atoms with Crippen LogP contribution in [-0.2, 0) is 0 Å². The van der Waals surface area contributed by atoms with E-state index in [0.29, 0.717) is 5.56 Å². The topological polar surface area (TPSA) is 71.8 Å². The van der Waals surface area contributed by atoms with Crippen molar-refractivity contribution < 1.29 is 0 Å². The molecule has 0 radical (unpaired) electrons. The van der Waals surface area contributed by atoms with Gasteiger partial charge in [-0.05, 0) is 11.4 Å². The molecule has 0 saturated heterocycles. The van der Waals surface area contributed by atoms with Crippen LogP contribution in [0.15, 0.2) is 28.5 Å². The predicted molar refractivity (Wildman–Crippen MR) is 52.6 cm³/mol. The summed E-state index contributed by atoms with van der Waals surface area (Å²) >= 11 is 1.50. The molecule has 5 heteroatoms. The quantitative estimate of drug-likeness (QED) is 0.711. The Hall–Kier alpha value is -1.62. The number of anilines is 1. The maximum absolute atomic E-state index is 11.4. The van der Waals surface area contributed by atoms with Crippen LogP contribution in [0.1, 0.15) is 0 Å². The summed E-state index contributed by atoms with van der Waals surface area (Å²) in [6.07, 6.45) is 1.49. The van der Waals surface area contributed by atoms with E-state index in [1.165, 1.54) is 17.5 Å². The molecule has 0 aromatic carbocycles. The van der Waals surface area contributed by atoms with Gasteiger partial charge < -0.3 is 5.73 Å². The molecule has 0 bridgehead atoms. The van der Waals surface area contributed by atoms with Gasteiger partial charge in [0.2, 0.25) is 0 Å². The van der Waals surface area contributed by atoms with E-state index in [9.17, 15) is 4.79 Å².